The van der Waals surface area contributed by atoms with Crippen molar-refractivity contribution >= 4 is 17.9 Å². The van der Waals surface area contributed by atoms with E-state index in [2.05, 4.69) is 17.1 Å². The molecule has 0 aliphatic heterocycles. The minimum atomic E-state index is -5.08. The fourth-order valence-electron chi connectivity index (χ4n) is 2.99. The number of hydrogen-bond donors (Lipinski definition) is 3. The number of fused-ring (bicyclic) bond motifs is 1. The molecule has 0 bridgehead atoms. The van der Waals surface area contributed by atoms with Crippen LogP contribution in [0.1, 0.15) is 37.3 Å². The van der Waals surface area contributed by atoms with E-state index < -0.39 is 12.1 Å². The second-order valence-corrected chi connectivity index (χ2v) is 6.86. The van der Waals surface area contributed by atoms with Gasteiger partial charge >= 0.3 is 18.1 Å². The third kappa shape index (κ3) is 10.6. The number of carbonyl (C=O) groups excluding carboxylic acids is 1. The molecule has 8 nitrogen and oxygen atoms in total. The number of carboxylic acid groups (broad SMARTS) is 1. The topological polar surface area (TPSA) is 137 Å². The van der Waals surface area contributed by atoms with E-state index in [9.17, 15) is 18.0 Å². The van der Waals surface area contributed by atoms with E-state index in [1.54, 1.807) is 0 Å². The van der Waals surface area contributed by atoms with Gasteiger partial charge in [-0.15, -0.1) is 0 Å². The Kier molecular flexibility index (Phi) is 10.6. The summed E-state index contributed by atoms with van der Waals surface area (Å²) in [4.78, 5) is 24.5. The summed E-state index contributed by atoms with van der Waals surface area (Å²) in [7, 11) is 0. The lowest BCUT2D eigenvalue weighted by atomic mass is 9.82. The number of esters is 1. The molecule has 1 aromatic carbocycles. The number of nitrogens with two attached hydrogens (primary N) is 2. The van der Waals surface area contributed by atoms with Crippen LogP contribution in [0.25, 0.3) is 0 Å². The first-order chi connectivity index (χ1) is 14.5. The van der Waals surface area contributed by atoms with Crippen molar-refractivity contribution in [1.29, 1.82) is 0 Å². The largest absolute Gasteiger partial charge is 0.494 e. The van der Waals surface area contributed by atoms with E-state index in [1.165, 1.54) is 11.1 Å². The van der Waals surface area contributed by atoms with E-state index in [4.69, 9.17) is 30.8 Å². The highest BCUT2D eigenvalue weighted by Crippen LogP contribution is 2.30. The maximum Gasteiger partial charge on any atom is 0.490 e. The number of halogens is 3. The number of carboxylic acids is 1. The predicted molar refractivity (Wildman–Crippen MR) is 108 cm³/mol. The monoisotopic (exact) mass is 447 g/mol. The van der Waals surface area contributed by atoms with Crippen molar-refractivity contribution in [1.82, 2.24) is 0 Å². The summed E-state index contributed by atoms with van der Waals surface area (Å²) in [5, 5.41) is 7.12. The third-order valence-corrected chi connectivity index (χ3v) is 4.38. The van der Waals surface area contributed by atoms with Crippen molar-refractivity contribution in [3.05, 3.63) is 29.3 Å². The van der Waals surface area contributed by atoms with Crippen LogP contribution in [0, 0.1) is 5.92 Å². The molecule has 174 valence electrons. The Morgan fingerprint density at radius 2 is 1.94 bits per heavy atom. The van der Waals surface area contributed by atoms with Crippen LogP contribution >= 0.6 is 0 Å². The van der Waals surface area contributed by atoms with Crippen LogP contribution in [-0.2, 0) is 27.2 Å². The molecule has 0 amide bonds. The molecule has 11 heteroatoms. The lowest BCUT2D eigenvalue weighted by Gasteiger charge is -2.24. The van der Waals surface area contributed by atoms with Crippen LogP contribution in [0.3, 0.4) is 0 Å². The molecule has 31 heavy (non-hydrogen) atoms. The number of guanidine groups is 1. The molecule has 0 spiro atoms. The van der Waals surface area contributed by atoms with Gasteiger partial charge in [0, 0.05) is 19.4 Å². The molecular formula is C20H28F3N3O5. The van der Waals surface area contributed by atoms with Crippen LogP contribution in [0.4, 0.5) is 13.2 Å². The zero-order valence-corrected chi connectivity index (χ0v) is 17.3. The second-order valence-electron chi connectivity index (χ2n) is 6.86. The average molecular weight is 447 g/mol. The number of alkyl halides is 3. The van der Waals surface area contributed by atoms with Gasteiger partial charge in [-0.3, -0.25) is 9.79 Å². The van der Waals surface area contributed by atoms with E-state index >= 15 is 0 Å². The number of carbonyl (C=O) groups is 2. The molecule has 1 unspecified atom stereocenters. The number of rotatable bonds is 8. The van der Waals surface area contributed by atoms with E-state index in [1.807, 2.05) is 13.0 Å². The minimum absolute atomic E-state index is 0.0990. The molecule has 0 aromatic heterocycles. The first kappa shape index (κ1) is 26.1. The highest BCUT2D eigenvalue weighted by molar-refractivity contribution is 5.75. The normalized spacial score (nSPS) is 15.0. The van der Waals surface area contributed by atoms with Crippen molar-refractivity contribution in [2.75, 3.05) is 19.8 Å². The second kappa shape index (κ2) is 12.7. The van der Waals surface area contributed by atoms with Gasteiger partial charge in [0.25, 0.3) is 0 Å². The van der Waals surface area contributed by atoms with Gasteiger partial charge in [-0.05, 0) is 55.4 Å². The lowest BCUT2D eigenvalue weighted by Crippen LogP contribution is -2.23. The van der Waals surface area contributed by atoms with Gasteiger partial charge in [-0.2, -0.15) is 13.2 Å². The first-order valence-electron chi connectivity index (χ1n) is 9.78. The van der Waals surface area contributed by atoms with Gasteiger partial charge in [0.15, 0.2) is 5.96 Å². The molecule has 0 saturated heterocycles. The molecule has 1 aromatic rings. The van der Waals surface area contributed by atoms with E-state index in [-0.39, 0.29) is 11.9 Å². The number of hydrogen-bond acceptors (Lipinski definition) is 5. The maximum atomic E-state index is 11.7. The average Bonchev–Trinajstić information content (AvgIpc) is 2.67. The molecule has 0 fully saturated rings. The number of aliphatic imine (C=N–C) groups is 1. The lowest BCUT2D eigenvalue weighted by molar-refractivity contribution is -0.192. The van der Waals surface area contributed by atoms with Crippen LogP contribution < -0.4 is 16.2 Å². The number of aryl methyl sites for hydroxylation is 1. The van der Waals surface area contributed by atoms with Crippen LogP contribution in [0.15, 0.2) is 23.2 Å². The Morgan fingerprint density at radius 1 is 1.26 bits per heavy atom. The summed E-state index contributed by atoms with van der Waals surface area (Å²) in [6, 6.07) is 6.22. The van der Waals surface area contributed by atoms with Crippen molar-refractivity contribution in [3.63, 3.8) is 0 Å². The SMILES string of the molecule is CCOC(=O)CC1CCc2ccc(OCCCN=C(N)N)cc2C1.O=C(O)C(F)(F)F. The van der Waals surface area contributed by atoms with Crippen LogP contribution in [-0.4, -0.2) is 48.9 Å². The Bertz CT molecular complexity index is 765. The molecule has 0 saturated carbocycles. The molecule has 2 rings (SSSR count). The smallest absolute Gasteiger partial charge is 0.490 e. The number of ether oxygens (including phenoxy) is 2. The van der Waals surface area contributed by atoms with Crippen molar-refractivity contribution in [2.24, 2.45) is 22.4 Å². The molecule has 0 radical (unpaired) electrons. The van der Waals surface area contributed by atoms with Gasteiger partial charge in [-0.1, -0.05) is 6.07 Å². The van der Waals surface area contributed by atoms with Gasteiger partial charge in [0.2, 0.25) is 0 Å². The number of benzene rings is 1. The van der Waals surface area contributed by atoms with Crippen LogP contribution in [0.5, 0.6) is 5.75 Å². The zero-order valence-electron chi connectivity index (χ0n) is 17.3. The Morgan fingerprint density at radius 3 is 2.52 bits per heavy atom. The molecular weight excluding hydrogens is 419 g/mol. The highest BCUT2D eigenvalue weighted by atomic mass is 19.4. The third-order valence-electron chi connectivity index (χ3n) is 4.38. The summed E-state index contributed by atoms with van der Waals surface area (Å²) >= 11 is 0. The Hall–Kier alpha value is -2.98. The molecule has 1 aliphatic rings. The summed E-state index contributed by atoms with van der Waals surface area (Å²) in [5.74, 6) is -1.54. The van der Waals surface area contributed by atoms with E-state index in [0.29, 0.717) is 32.1 Å². The Labute approximate surface area is 178 Å². The number of nitrogens with zero attached hydrogens (tertiary/aromatic N) is 1. The van der Waals surface area contributed by atoms with Crippen molar-refractivity contribution in [2.45, 2.75) is 45.2 Å². The van der Waals surface area contributed by atoms with Gasteiger partial charge in [-0.25, -0.2) is 4.79 Å². The first-order valence-corrected chi connectivity index (χ1v) is 9.78. The van der Waals surface area contributed by atoms with Crippen molar-refractivity contribution in [3.8, 4) is 5.75 Å². The molecule has 0 heterocycles. The van der Waals surface area contributed by atoms with Gasteiger partial charge < -0.3 is 26.0 Å². The Balaban J connectivity index is 0.000000592. The summed E-state index contributed by atoms with van der Waals surface area (Å²) in [6.45, 7) is 3.42. The van der Waals surface area contributed by atoms with E-state index in [0.717, 1.165) is 31.4 Å². The molecule has 1 aliphatic carbocycles. The maximum absolute atomic E-state index is 11.7. The fraction of sp³-hybridized carbons (Fsp3) is 0.550. The molecule has 5 N–H and O–H groups in total. The molecule has 1 atom stereocenters. The summed E-state index contributed by atoms with van der Waals surface area (Å²) in [6.07, 6.45) is -0.884. The predicted octanol–water partition coefficient (Wildman–Crippen LogP) is 2.42. The summed E-state index contributed by atoms with van der Waals surface area (Å²) < 4.78 is 42.6. The minimum Gasteiger partial charge on any atom is -0.494 e. The standard InChI is InChI=1S/C18H27N3O3.C2HF3O2/c1-2-23-17(22)11-13-4-5-14-6-7-16(12-15(14)10-13)24-9-3-8-21-18(19)20;3-2(4,5)1(6)7/h6-7,12-13H,2-5,8-11H2,1H3,(H4,19,20,21);(H,6,7). The van der Waals surface area contributed by atoms with Gasteiger partial charge in [0.1, 0.15) is 5.75 Å². The van der Waals surface area contributed by atoms with Crippen molar-refractivity contribution < 1.29 is 37.3 Å². The zero-order chi connectivity index (χ0) is 23.4. The van der Waals surface area contributed by atoms with Gasteiger partial charge in [0.05, 0.1) is 13.2 Å². The number of aliphatic carboxylic acids is 1. The highest BCUT2D eigenvalue weighted by Gasteiger charge is 2.38. The summed E-state index contributed by atoms with van der Waals surface area (Å²) in [5.41, 5.74) is 13.2. The van der Waals surface area contributed by atoms with Crippen LogP contribution in [0.2, 0.25) is 0 Å². The quantitative estimate of drug-likeness (QED) is 0.241. The fourth-order valence-corrected chi connectivity index (χ4v) is 2.99.